The minimum absolute atomic E-state index is 0.187. The standard InChI is InChI=1S/C10H15N3O5S2/c1-3-6-8(19-13-12-6)9(14)11-7(10(15)16)4-5-20(2,17)18/h7H,3-5H2,1-2H3,(H,11,14)(H,15,16). The summed E-state index contributed by atoms with van der Waals surface area (Å²) in [5.41, 5.74) is 0.486. The SMILES string of the molecule is CCc1nnsc1C(=O)NC(CCS(C)(=O)=O)C(=O)O. The maximum Gasteiger partial charge on any atom is 0.326 e. The summed E-state index contributed by atoms with van der Waals surface area (Å²) in [5, 5.41) is 15.1. The summed E-state index contributed by atoms with van der Waals surface area (Å²) in [4.78, 5) is 23.2. The van der Waals surface area contributed by atoms with Crippen LogP contribution in [0.3, 0.4) is 0 Å². The van der Waals surface area contributed by atoms with Crippen molar-refractivity contribution in [3.63, 3.8) is 0 Å². The summed E-state index contributed by atoms with van der Waals surface area (Å²) < 4.78 is 25.7. The second kappa shape index (κ2) is 6.75. The molecule has 0 aromatic carbocycles. The third-order valence-electron chi connectivity index (χ3n) is 2.48. The number of aromatic nitrogens is 2. The molecule has 1 aromatic rings. The van der Waals surface area contributed by atoms with E-state index in [1.54, 1.807) is 6.92 Å². The van der Waals surface area contributed by atoms with Gasteiger partial charge in [0.05, 0.1) is 11.4 Å². The number of nitrogens with one attached hydrogen (secondary N) is 1. The van der Waals surface area contributed by atoms with Crippen LogP contribution in [0, 0.1) is 0 Å². The molecule has 0 radical (unpaired) electrons. The molecule has 10 heteroatoms. The maximum absolute atomic E-state index is 11.9. The number of amides is 1. The minimum atomic E-state index is -3.29. The summed E-state index contributed by atoms with van der Waals surface area (Å²) in [5.74, 6) is -2.19. The molecule has 1 amide bonds. The van der Waals surface area contributed by atoms with Crippen LogP contribution < -0.4 is 5.32 Å². The minimum Gasteiger partial charge on any atom is -0.480 e. The number of carbonyl (C=O) groups is 2. The smallest absolute Gasteiger partial charge is 0.326 e. The molecule has 0 aliphatic carbocycles. The zero-order valence-electron chi connectivity index (χ0n) is 11.0. The Labute approximate surface area is 120 Å². The fraction of sp³-hybridized carbons (Fsp3) is 0.600. The first kappa shape index (κ1) is 16.5. The molecule has 0 spiro atoms. The second-order valence-corrected chi connectivity index (χ2v) is 7.20. The van der Waals surface area contributed by atoms with E-state index in [0.717, 1.165) is 17.8 Å². The number of carboxylic acids is 1. The van der Waals surface area contributed by atoms with Gasteiger partial charge in [0.2, 0.25) is 0 Å². The van der Waals surface area contributed by atoms with Crippen molar-refractivity contribution in [2.45, 2.75) is 25.8 Å². The van der Waals surface area contributed by atoms with Gasteiger partial charge in [0.15, 0.2) is 0 Å². The van der Waals surface area contributed by atoms with Crippen LogP contribution in [-0.2, 0) is 21.1 Å². The van der Waals surface area contributed by atoms with Crippen molar-refractivity contribution in [1.82, 2.24) is 14.9 Å². The van der Waals surface area contributed by atoms with Crippen molar-refractivity contribution in [3.05, 3.63) is 10.6 Å². The van der Waals surface area contributed by atoms with E-state index in [9.17, 15) is 18.0 Å². The summed E-state index contributed by atoms with van der Waals surface area (Å²) in [6.07, 6.45) is 1.32. The first-order valence-electron chi connectivity index (χ1n) is 5.77. The highest BCUT2D eigenvalue weighted by atomic mass is 32.2. The van der Waals surface area contributed by atoms with E-state index in [0.29, 0.717) is 12.1 Å². The summed E-state index contributed by atoms with van der Waals surface area (Å²) >= 11 is 0.875. The number of carboxylic acid groups (broad SMARTS) is 1. The molecule has 1 aromatic heterocycles. The van der Waals surface area contributed by atoms with Crippen LogP contribution >= 0.6 is 11.5 Å². The number of sulfone groups is 1. The van der Waals surface area contributed by atoms with Gasteiger partial charge < -0.3 is 10.4 Å². The van der Waals surface area contributed by atoms with Gasteiger partial charge in [-0.2, -0.15) is 0 Å². The molecule has 20 heavy (non-hydrogen) atoms. The quantitative estimate of drug-likeness (QED) is 0.707. The lowest BCUT2D eigenvalue weighted by Gasteiger charge is -2.13. The predicted octanol–water partition coefficient (Wildman–Crippen LogP) is -0.282. The van der Waals surface area contributed by atoms with Gasteiger partial charge in [0.1, 0.15) is 20.8 Å². The van der Waals surface area contributed by atoms with E-state index in [4.69, 9.17) is 5.11 Å². The largest absolute Gasteiger partial charge is 0.480 e. The summed E-state index contributed by atoms with van der Waals surface area (Å²) in [6.45, 7) is 1.80. The molecule has 0 fully saturated rings. The van der Waals surface area contributed by atoms with Crippen molar-refractivity contribution in [3.8, 4) is 0 Å². The lowest BCUT2D eigenvalue weighted by atomic mass is 10.2. The zero-order valence-corrected chi connectivity index (χ0v) is 12.6. The highest BCUT2D eigenvalue weighted by molar-refractivity contribution is 7.90. The number of rotatable bonds is 7. The molecule has 0 saturated heterocycles. The highest BCUT2D eigenvalue weighted by Crippen LogP contribution is 2.11. The van der Waals surface area contributed by atoms with Gasteiger partial charge in [-0.3, -0.25) is 4.79 Å². The van der Waals surface area contributed by atoms with E-state index in [2.05, 4.69) is 14.9 Å². The Morgan fingerprint density at radius 2 is 2.10 bits per heavy atom. The van der Waals surface area contributed by atoms with Gasteiger partial charge in [0.25, 0.3) is 5.91 Å². The highest BCUT2D eigenvalue weighted by Gasteiger charge is 2.24. The normalized spacial score (nSPS) is 12.9. The average Bonchev–Trinajstić information content (AvgIpc) is 2.80. The van der Waals surface area contributed by atoms with Crippen LogP contribution in [-0.4, -0.2) is 53.0 Å². The number of carbonyl (C=O) groups excluding carboxylic acids is 1. The van der Waals surface area contributed by atoms with Gasteiger partial charge in [-0.25, -0.2) is 13.2 Å². The molecular formula is C10H15N3O5S2. The molecule has 1 rings (SSSR count). The molecule has 2 N–H and O–H groups in total. The third-order valence-corrected chi connectivity index (χ3v) is 4.22. The Bertz CT molecular complexity index is 596. The van der Waals surface area contributed by atoms with Crippen molar-refractivity contribution in [1.29, 1.82) is 0 Å². The monoisotopic (exact) mass is 321 g/mol. The molecule has 1 unspecified atom stereocenters. The number of hydrogen-bond acceptors (Lipinski definition) is 7. The number of aliphatic carboxylic acids is 1. The Morgan fingerprint density at radius 1 is 1.45 bits per heavy atom. The Kier molecular flexibility index (Phi) is 5.57. The molecule has 112 valence electrons. The van der Waals surface area contributed by atoms with Crippen LogP contribution in [0.5, 0.6) is 0 Å². The Balaban J connectivity index is 2.76. The first-order chi connectivity index (χ1) is 9.24. The fourth-order valence-electron chi connectivity index (χ4n) is 1.43. The Morgan fingerprint density at radius 3 is 2.60 bits per heavy atom. The van der Waals surface area contributed by atoms with Crippen LogP contribution in [0.15, 0.2) is 0 Å². The lowest BCUT2D eigenvalue weighted by molar-refractivity contribution is -0.139. The van der Waals surface area contributed by atoms with E-state index in [1.165, 1.54) is 0 Å². The molecule has 0 aliphatic rings. The molecule has 1 atom stereocenters. The molecule has 0 bridgehead atoms. The molecule has 1 heterocycles. The van der Waals surface area contributed by atoms with Gasteiger partial charge in [0, 0.05) is 6.26 Å². The van der Waals surface area contributed by atoms with Crippen molar-refractivity contribution >= 4 is 33.2 Å². The van der Waals surface area contributed by atoms with Crippen molar-refractivity contribution in [2.24, 2.45) is 0 Å². The molecule has 8 nitrogen and oxygen atoms in total. The molecule has 0 aliphatic heterocycles. The van der Waals surface area contributed by atoms with Crippen LogP contribution in [0.4, 0.5) is 0 Å². The van der Waals surface area contributed by atoms with Gasteiger partial charge in [-0.15, -0.1) is 5.10 Å². The van der Waals surface area contributed by atoms with Crippen LogP contribution in [0.2, 0.25) is 0 Å². The molecular weight excluding hydrogens is 306 g/mol. The first-order valence-corrected chi connectivity index (χ1v) is 8.60. The van der Waals surface area contributed by atoms with E-state index >= 15 is 0 Å². The van der Waals surface area contributed by atoms with E-state index < -0.39 is 27.8 Å². The third kappa shape index (κ3) is 4.85. The second-order valence-electron chi connectivity index (χ2n) is 4.19. The summed E-state index contributed by atoms with van der Waals surface area (Å²) in [7, 11) is -3.29. The Hall–Kier alpha value is -1.55. The van der Waals surface area contributed by atoms with Crippen LogP contribution in [0.25, 0.3) is 0 Å². The molecule has 0 saturated carbocycles. The van der Waals surface area contributed by atoms with Gasteiger partial charge in [-0.05, 0) is 24.4 Å². The lowest BCUT2D eigenvalue weighted by Crippen LogP contribution is -2.41. The van der Waals surface area contributed by atoms with Crippen molar-refractivity contribution < 1.29 is 23.1 Å². The predicted molar refractivity (Wildman–Crippen MR) is 72.5 cm³/mol. The fourth-order valence-corrected chi connectivity index (χ4v) is 2.74. The van der Waals surface area contributed by atoms with Gasteiger partial charge in [-0.1, -0.05) is 11.4 Å². The van der Waals surface area contributed by atoms with E-state index in [1.807, 2.05) is 0 Å². The topological polar surface area (TPSA) is 126 Å². The van der Waals surface area contributed by atoms with Gasteiger partial charge >= 0.3 is 5.97 Å². The van der Waals surface area contributed by atoms with Crippen LogP contribution in [0.1, 0.15) is 28.7 Å². The number of hydrogen-bond donors (Lipinski definition) is 2. The van der Waals surface area contributed by atoms with Crippen molar-refractivity contribution in [2.75, 3.05) is 12.0 Å². The number of nitrogens with zero attached hydrogens (tertiary/aromatic N) is 2. The zero-order chi connectivity index (χ0) is 15.3. The van der Waals surface area contributed by atoms with E-state index in [-0.39, 0.29) is 17.1 Å². The number of aryl methyl sites for hydroxylation is 1. The average molecular weight is 321 g/mol. The summed E-state index contributed by atoms with van der Waals surface area (Å²) in [6, 6.07) is -1.26. The maximum atomic E-state index is 11.9.